The van der Waals surface area contributed by atoms with Crippen molar-refractivity contribution >= 4 is 17.6 Å². The molecule has 0 unspecified atom stereocenters. The van der Waals surface area contributed by atoms with Gasteiger partial charge in [0.05, 0.1) is 6.04 Å². The van der Waals surface area contributed by atoms with Crippen molar-refractivity contribution in [3.05, 3.63) is 30.1 Å². The zero-order valence-electron chi connectivity index (χ0n) is 15.0. The Morgan fingerprint density at radius 2 is 2.04 bits per heavy atom. The molecule has 26 heavy (non-hydrogen) atoms. The molecule has 0 aromatic heterocycles. The van der Waals surface area contributed by atoms with Crippen LogP contribution in [0.3, 0.4) is 0 Å². The molecule has 1 atom stereocenters. The van der Waals surface area contributed by atoms with Gasteiger partial charge in [-0.1, -0.05) is 12.5 Å². The van der Waals surface area contributed by atoms with Gasteiger partial charge in [-0.25, -0.2) is 9.18 Å². The van der Waals surface area contributed by atoms with Crippen LogP contribution in [0.1, 0.15) is 32.1 Å². The van der Waals surface area contributed by atoms with Gasteiger partial charge in [-0.05, 0) is 57.1 Å². The van der Waals surface area contributed by atoms with E-state index in [1.54, 1.807) is 12.1 Å². The average molecular weight is 362 g/mol. The van der Waals surface area contributed by atoms with Gasteiger partial charge in [0.15, 0.2) is 0 Å². The van der Waals surface area contributed by atoms with Crippen LogP contribution < -0.4 is 15.5 Å². The third-order valence-electron chi connectivity index (χ3n) is 4.97. The maximum absolute atomic E-state index is 13.3. The summed E-state index contributed by atoms with van der Waals surface area (Å²) in [4.78, 5) is 28.1. The minimum Gasteiger partial charge on any atom is -0.338 e. The zero-order valence-corrected chi connectivity index (χ0v) is 15.0. The lowest BCUT2D eigenvalue weighted by molar-refractivity contribution is -0.117. The number of benzene rings is 1. The van der Waals surface area contributed by atoms with Crippen LogP contribution in [0.15, 0.2) is 24.3 Å². The second kappa shape index (κ2) is 8.98. The van der Waals surface area contributed by atoms with E-state index in [2.05, 4.69) is 15.5 Å². The van der Waals surface area contributed by atoms with Crippen molar-refractivity contribution in [2.24, 2.45) is 0 Å². The van der Waals surface area contributed by atoms with Gasteiger partial charge in [0.1, 0.15) is 5.82 Å². The third kappa shape index (κ3) is 5.17. The van der Waals surface area contributed by atoms with Crippen molar-refractivity contribution in [2.75, 3.05) is 37.6 Å². The van der Waals surface area contributed by atoms with Crippen LogP contribution in [0.5, 0.6) is 0 Å². The molecule has 2 N–H and O–H groups in total. The second-order valence-electron chi connectivity index (χ2n) is 7.04. The van der Waals surface area contributed by atoms with Crippen LogP contribution in [0.2, 0.25) is 0 Å². The Morgan fingerprint density at radius 1 is 1.23 bits per heavy atom. The number of hydrogen-bond acceptors (Lipinski definition) is 3. The number of piperidine rings is 1. The molecule has 2 saturated heterocycles. The largest absolute Gasteiger partial charge is 0.338 e. The van der Waals surface area contributed by atoms with Crippen molar-refractivity contribution in [2.45, 2.75) is 38.1 Å². The molecule has 7 heteroatoms. The highest BCUT2D eigenvalue weighted by molar-refractivity contribution is 5.96. The van der Waals surface area contributed by atoms with Gasteiger partial charge in [-0.3, -0.25) is 4.79 Å². The van der Waals surface area contributed by atoms with Crippen LogP contribution in [0.25, 0.3) is 0 Å². The Balaban J connectivity index is 1.37. The van der Waals surface area contributed by atoms with Gasteiger partial charge in [-0.2, -0.15) is 0 Å². The fourth-order valence-corrected chi connectivity index (χ4v) is 3.62. The fourth-order valence-electron chi connectivity index (χ4n) is 3.62. The van der Waals surface area contributed by atoms with Crippen LogP contribution >= 0.6 is 0 Å². The first-order valence-corrected chi connectivity index (χ1v) is 9.44. The first-order chi connectivity index (χ1) is 12.6. The number of amides is 3. The number of anilines is 1. The first kappa shape index (κ1) is 18.6. The fraction of sp³-hybridized carbons (Fsp3) is 0.579. The summed E-state index contributed by atoms with van der Waals surface area (Å²) in [6, 6.07) is 5.45. The van der Waals surface area contributed by atoms with Crippen LogP contribution in [0.4, 0.5) is 14.9 Å². The van der Waals surface area contributed by atoms with E-state index < -0.39 is 0 Å². The van der Waals surface area contributed by atoms with E-state index in [4.69, 9.17) is 0 Å². The molecular formula is C19H27FN4O2. The summed E-state index contributed by atoms with van der Waals surface area (Å²) in [6.45, 7) is 4.31. The number of likely N-dealkylation sites (tertiary alicyclic amines) is 1. The van der Waals surface area contributed by atoms with Gasteiger partial charge >= 0.3 is 6.03 Å². The number of urea groups is 1. The normalized spacial score (nSPS) is 21.0. The molecule has 2 heterocycles. The highest BCUT2D eigenvalue weighted by Crippen LogP contribution is 2.22. The Kier molecular flexibility index (Phi) is 6.44. The monoisotopic (exact) mass is 362 g/mol. The standard InChI is InChI=1S/C19H27FN4O2/c20-15-6-4-7-17(12-15)24-14-16(13-18(24)25)22-19(26)21-8-5-11-23-9-2-1-3-10-23/h4,6-7,12,16H,1-3,5,8-11,13-14H2,(H2,21,22,26)/t16-/m1/s1. The van der Waals surface area contributed by atoms with Crippen LogP contribution in [-0.4, -0.2) is 55.6 Å². The van der Waals surface area contributed by atoms with Gasteiger partial charge in [0.25, 0.3) is 0 Å². The topological polar surface area (TPSA) is 64.7 Å². The Bertz CT molecular complexity index is 634. The molecule has 0 saturated carbocycles. The van der Waals surface area contributed by atoms with Gasteiger partial charge < -0.3 is 20.4 Å². The minimum absolute atomic E-state index is 0.106. The summed E-state index contributed by atoms with van der Waals surface area (Å²) in [7, 11) is 0. The smallest absolute Gasteiger partial charge is 0.315 e. The van der Waals surface area contributed by atoms with Crippen molar-refractivity contribution in [3.63, 3.8) is 0 Å². The lowest BCUT2D eigenvalue weighted by Gasteiger charge is -2.26. The lowest BCUT2D eigenvalue weighted by atomic mass is 10.1. The zero-order chi connectivity index (χ0) is 18.4. The Labute approximate surface area is 153 Å². The maximum atomic E-state index is 13.3. The van der Waals surface area contributed by atoms with E-state index >= 15 is 0 Å². The summed E-state index contributed by atoms with van der Waals surface area (Å²) < 4.78 is 13.3. The lowest BCUT2D eigenvalue weighted by Crippen LogP contribution is -2.44. The summed E-state index contributed by atoms with van der Waals surface area (Å²) >= 11 is 0. The van der Waals surface area contributed by atoms with E-state index in [-0.39, 0.29) is 30.2 Å². The van der Waals surface area contributed by atoms with Gasteiger partial charge in [-0.15, -0.1) is 0 Å². The number of nitrogens with one attached hydrogen (secondary N) is 2. The number of halogens is 1. The predicted octanol–water partition coefficient (Wildman–Crippen LogP) is 2.11. The summed E-state index contributed by atoms with van der Waals surface area (Å²) in [5.74, 6) is -0.482. The Morgan fingerprint density at radius 3 is 2.81 bits per heavy atom. The van der Waals surface area contributed by atoms with Gasteiger partial charge in [0.2, 0.25) is 5.91 Å². The Hall–Kier alpha value is -2.15. The molecule has 0 bridgehead atoms. The molecule has 0 radical (unpaired) electrons. The molecule has 6 nitrogen and oxygen atoms in total. The molecule has 0 spiro atoms. The number of hydrogen-bond donors (Lipinski definition) is 2. The minimum atomic E-state index is -0.377. The molecule has 2 fully saturated rings. The number of nitrogens with zero attached hydrogens (tertiary/aromatic N) is 2. The summed E-state index contributed by atoms with van der Waals surface area (Å²) in [5, 5.41) is 5.70. The maximum Gasteiger partial charge on any atom is 0.315 e. The summed E-state index contributed by atoms with van der Waals surface area (Å²) in [6.07, 6.45) is 5.02. The molecule has 3 rings (SSSR count). The summed E-state index contributed by atoms with van der Waals surface area (Å²) in [5.41, 5.74) is 0.529. The molecule has 2 aliphatic rings. The number of carbonyl (C=O) groups excluding carboxylic acids is 2. The van der Waals surface area contributed by atoms with E-state index in [1.165, 1.54) is 36.3 Å². The van der Waals surface area contributed by atoms with Crippen LogP contribution in [0, 0.1) is 5.82 Å². The van der Waals surface area contributed by atoms with E-state index in [0.717, 1.165) is 26.1 Å². The number of carbonyl (C=O) groups is 2. The molecule has 1 aromatic rings. The second-order valence-corrected chi connectivity index (χ2v) is 7.04. The predicted molar refractivity (Wildman–Crippen MR) is 98.6 cm³/mol. The SMILES string of the molecule is O=C(NCCCN1CCCCC1)N[C@@H]1CC(=O)N(c2cccc(F)c2)C1. The van der Waals surface area contributed by atoms with E-state index in [0.29, 0.717) is 18.8 Å². The van der Waals surface area contributed by atoms with E-state index in [1.807, 2.05) is 0 Å². The van der Waals surface area contributed by atoms with Gasteiger partial charge in [0, 0.05) is 25.2 Å². The van der Waals surface area contributed by atoms with Crippen LogP contribution in [-0.2, 0) is 4.79 Å². The molecular weight excluding hydrogens is 335 g/mol. The molecule has 0 aliphatic carbocycles. The van der Waals surface area contributed by atoms with Crippen molar-refractivity contribution in [3.8, 4) is 0 Å². The number of rotatable bonds is 6. The van der Waals surface area contributed by atoms with E-state index in [9.17, 15) is 14.0 Å². The third-order valence-corrected chi connectivity index (χ3v) is 4.97. The molecule has 3 amide bonds. The molecule has 142 valence electrons. The van der Waals surface area contributed by atoms with Crippen molar-refractivity contribution < 1.29 is 14.0 Å². The van der Waals surface area contributed by atoms with Crippen molar-refractivity contribution in [1.82, 2.24) is 15.5 Å². The highest BCUT2D eigenvalue weighted by Gasteiger charge is 2.31. The highest BCUT2D eigenvalue weighted by atomic mass is 19.1. The van der Waals surface area contributed by atoms with Crippen molar-refractivity contribution in [1.29, 1.82) is 0 Å². The quantitative estimate of drug-likeness (QED) is 0.762. The molecule has 2 aliphatic heterocycles. The molecule has 1 aromatic carbocycles. The first-order valence-electron chi connectivity index (χ1n) is 9.44. The average Bonchev–Trinajstić information content (AvgIpc) is 3.00.